The van der Waals surface area contributed by atoms with Crippen molar-refractivity contribution in [3.8, 4) is 6.07 Å². The van der Waals surface area contributed by atoms with Crippen LogP contribution in [0.2, 0.25) is 0 Å². The van der Waals surface area contributed by atoms with Crippen molar-refractivity contribution in [1.82, 2.24) is 4.98 Å². The van der Waals surface area contributed by atoms with Gasteiger partial charge in [-0.2, -0.15) is 18.4 Å². The van der Waals surface area contributed by atoms with Gasteiger partial charge >= 0.3 is 12.1 Å². The number of pyridine rings is 1. The normalized spacial score (nSPS) is 11.3. The zero-order valence-electron chi connectivity index (χ0n) is 9.26. The van der Waals surface area contributed by atoms with Crippen molar-refractivity contribution < 1.29 is 31.5 Å². The van der Waals surface area contributed by atoms with Crippen LogP contribution < -0.4 is 0 Å². The summed E-state index contributed by atoms with van der Waals surface area (Å²) < 4.78 is 67.1. The van der Waals surface area contributed by atoms with Gasteiger partial charge < -0.3 is 4.74 Å². The Balaban J connectivity index is 3.71. The Labute approximate surface area is 103 Å². The Morgan fingerprint density at radius 2 is 2.05 bits per heavy atom. The van der Waals surface area contributed by atoms with E-state index in [4.69, 9.17) is 5.26 Å². The van der Waals surface area contributed by atoms with Gasteiger partial charge in [-0.1, -0.05) is 0 Å². The molecule has 0 saturated heterocycles. The fourth-order valence-corrected chi connectivity index (χ4v) is 1.33. The molecular formula is C10H5F5N2O2. The van der Waals surface area contributed by atoms with Crippen LogP contribution in [0, 0.1) is 11.3 Å². The summed E-state index contributed by atoms with van der Waals surface area (Å²) in [6.07, 6.45) is -8.22. The van der Waals surface area contributed by atoms with E-state index in [1.807, 2.05) is 0 Å². The number of methoxy groups -OCH3 is 1. The summed E-state index contributed by atoms with van der Waals surface area (Å²) in [6.45, 7) is 0. The van der Waals surface area contributed by atoms with Gasteiger partial charge in [0, 0.05) is 6.20 Å². The summed E-state index contributed by atoms with van der Waals surface area (Å²) >= 11 is 0. The molecule has 0 fully saturated rings. The second-order valence-electron chi connectivity index (χ2n) is 3.21. The van der Waals surface area contributed by atoms with E-state index in [1.165, 1.54) is 0 Å². The monoisotopic (exact) mass is 280 g/mol. The quantitative estimate of drug-likeness (QED) is 0.617. The molecule has 0 aliphatic heterocycles. The van der Waals surface area contributed by atoms with Crippen LogP contribution >= 0.6 is 0 Å². The van der Waals surface area contributed by atoms with Crippen LogP contribution in [0.4, 0.5) is 22.0 Å². The van der Waals surface area contributed by atoms with Crippen LogP contribution in [0.15, 0.2) is 6.20 Å². The molecule has 0 radical (unpaired) electrons. The van der Waals surface area contributed by atoms with E-state index in [-0.39, 0.29) is 6.20 Å². The second kappa shape index (κ2) is 5.17. The molecule has 9 heteroatoms. The Morgan fingerprint density at radius 3 is 2.42 bits per heavy atom. The van der Waals surface area contributed by atoms with E-state index >= 15 is 0 Å². The number of nitriles is 1. The summed E-state index contributed by atoms with van der Waals surface area (Å²) in [7, 11) is 0.791. The number of halogens is 5. The van der Waals surface area contributed by atoms with Crippen molar-refractivity contribution in [2.45, 2.75) is 12.6 Å². The number of hydrogen-bond acceptors (Lipinski definition) is 4. The van der Waals surface area contributed by atoms with Crippen molar-refractivity contribution in [1.29, 1.82) is 5.26 Å². The minimum atomic E-state index is -5.00. The molecular weight excluding hydrogens is 275 g/mol. The summed E-state index contributed by atoms with van der Waals surface area (Å²) in [5.41, 5.74) is -5.20. The first-order valence-corrected chi connectivity index (χ1v) is 4.60. The van der Waals surface area contributed by atoms with E-state index in [9.17, 15) is 26.7 Å². The molecule has 0 amide bonds. The zero-order chi connectivity index (χ0) is 14.8. The molecule has 0 aliphatic carbocycles. The number of alkyl halides is 5. The average molecular weight is 280 g/mol. The van der Waals surface area contributed by atoms with Gasteiger partial charge in [-0.15, -0.1) is 0 Å². The predicted octanol–water partition coefficient (Wildman–Crippen LogP) is 2.70. The molecule has 0 unspecified atom stereocenters. The highest BCUT2D eigenvalue weighted by Gasteiger charge is 2.38. The van der Waals surface area contributed by atoms with Crippen LogP contribution in [0.25, 0.3) is 0 Å². The van der Waals surface area contributed by atoms with E-state index < -0.39 is 41.0 Å². The van der Waals surface area contributed by atoms with Crippen LogP contribution in [-0.4, -0.2) is 18.1 Å². The number of rotatable bonds is 2. The fraction of sp³-hybridized carbons (Fsp3) is 0.300. The first-order chi connectivity index (χ1) is 8.73. The van der Waals surface area contributed by atoms with E-state index in [1.54, 1.807) is 0 Å². The number of esters is 1. The second-order valence-corrected chi connectivity index (χ2v) is 3.21. The first kappa shape index (κ1) is 14.8. The van der Waals surface area contributed by atoms with Crippen LogP contribution in [0.1, 0.15) is 33.6 Å². The van der Waals surface area contributed by atoms with E-state index in [2.05, 4.69) is 9.72 Å². The SMILES string of the molecule is COC(=O)c1c(C(F)F)ncc(C(F)(F)F)c1C#N. The number of hydrogen-bond donors (Lipinski definition) is 0. The van der Waals surface area contributed by atoms with Gasteiger partial charge in [0.05, 0.1) is 18.2 Å². The van der Waals surface area contributed by atoms with Gasteiger partial charge in [0.15, 0.2) is 0 Å². The van der Waals surface area contributed by atoms with Gasteiger partial charge in [0.25, 0.3) is 6.43 Å². The Kier molecular flexibility index (Phi) is 4.04. The molecule has 1 rings (SSSR count). The topological polar surface area (TPSA) is 63.0 Å². The molecule has 0 aliphatic rings. The third kappa shape index (κ3) is 2.78. The third-order valence-corrected chi connectivity index (χ3v) is 2.12. The molecule has 1 heterocycles. The van der Waals surface area contributed by atoms with Crippen molar-refractivity contribution in [2.24, 2.45) is 0 Å². The summed E-state index contributed by atoms with van der Waals surface area (Å²) in [6, 6.07) is 1.09. The number of nitrogens with zero attached hydrogens (tertiary/aromatic N) is 2. The van der Waals surface area contributed by atoms with Crippen LogP contribution in [0.3, 0.4) is 0 Å². The molecule has 4 nitrogen and oxygen atoms in total. The third-order valence-electron chi connectivity index (χ3n) is 2.12. The van der Waals surface area contributed by atoms with Gasteiger partial charge in [-0.05, 0) is 0 Å². The van der Waals surface area contributed by atoms with E-state index in [0.717, 1.165) is 13.2 Å². The van der Waals surface area contributed by atoms with Crippen molar-refractivity contribution in [2.75, 3.05) is 7.11 Å². The highest BCUT2D eigenvalue weighted by atomic mass is 19.4. The molecule has 0 bridgehead atoms. The lowest BCUT2D eigenvalue weighted by molar-refractivity contribution is -0.138. The smallest absolute Gasteiger partial charge is 0.419 e. The number of ether oxygens (including phenoxy) is 1. The maximum atomic E-state index is 12.6. The maximum absolute atomic E-state index is 12.6. The van der Waals surface area contributed by atoms with Gasteiger partial charge in [-0.25, -0.2) is 13.6 Å². The molecule has 19 heavy (non-hydrogen) atoms. The zero-order valence-corrected chi connectivity index (χ0v) is 9.26. The molecule has 102 valence electrons. The molecule has 1 aromatic rings. The molecule has 1 aromatic heterocycles. The largest absolute Gasteiger partial charge is 0.465 e. The van der Waals surface area contributed by atoms with Crippen LogP contribution in [-0.2, 0) is 10.9 Å². The first-order valence-electron chi connectivity index (χ1n) is 4.60. The highest BCUT2D eigenvalue weighted by Crippen LogP contribution is 2.35. The van der Waals surface area contributed by atoms with Crippen molar-refractivity contribution in [3.05, 3.63) is 28.6 Å². The Bertz CT molecular complexity index is 548. The minimum Gasteiger partial charge on any atom is -0.465 e. The Morgan fingerprint density at radius 1 is 1.47 bits per heavy atom. The van der Waals surface area contributed by atoms with Crippen LogP contribution in [0.5, 0.6) is 0 Å². The fourth-order valence-electron chi connectivity index (χ4n) is 1.33. The number of aromatic nitrogens is 1. The maximum Gasteiger partial charge on any atom is 0.419 e. The number of carbonyl (C=O) groups is 1. The molecule has 0 N–H and O–H groups in total. The predicted molar refractivity (Wildman–Crippen MR) is 50.3 cm³/mol. The molecule has 0 spiro atoms. The lowest BCUT2D eigenvalue weighted by Gasteiger charge is -2.13. The van der Waals surface area contributed by atoms with Gasteiger partial charge in [0.1, 0.15) is 17.3 Å². The van der Waals surface area contributed by atoms with Gasteiger partial charge in [0.2, 0.25) is 0 Å². The molecule has 0 saturated carbocycles. The minimum absolute atomic E-state index is 0.0898. The van der Waals surface area contributed by atoms with Gasteiger partial charge in [-0.3, -0.25) is 4.98 Å². The average Bonchev–Trinajstić information content (AvgIpc) is 2.34. The standard InChI is InChI=1S/C10H5F5N2O2/c1-19-9(18)6-4(2-16)5(10(13,14)15)3-17-7(6)8(11)12/h3,8H,1H3. The van der Waals surface area contributed by atoms with E-state index in [0.29, 0.717) is 0 Å². The molecule has 0 aromatic carbocycles. The van der Waals surface area contributed by atoms with Crippen molar-refractivity contribution in [3.63, 3.8) is 0 Å². The lowest BCUT2D eigenvalue weighted by atomic mass is 10.0. The number of carbonyl (C=O) groups excluding carboxylic acids is 1. The highest BCUT2D eigenvalue weighted by molar-refractivity contribution is 5.94. The molecule has 0 atom stereocenters. The Hall–Kier alpha value is -2.24. The summed E-state index contributed by atoms with van der Waals surface area (Å²) in [5, 5.41) is 8.68. The summed E-state index contributed by atoms with van der Waals surface area (Å²) in [5.74, 6) is -1.48. The lowest BCUT2D eigenvalue weighted by Crippen LogP contribution is -2.17. The van der Waals surface area contributed by atoms with Crippen molar-refractivity contribution >= 4 is 5.97 Å². The summed E-state index contributed by atoms with van der Waals surface area (Å²) in [4.78, 5) is 14.2.